The van der Waals surface area contributed by atoms with Gasteiger partial charge in [-0.3, -0.25) is 0 Å². The lowest BCUT2D eigenvalue weighted by Crippen LogP contribution is -2.25. The standard InChI is InChI=1S/C15H17ClN2O2S/c16-14-10-13(11-17)6-7-15(14)21(19,20)18-9-8-12-4-2-1-3-5-12/h4,6-7,10,18H,1-3,5,8-9H2. The van der Waals surface area contributed by atoms with Crippen LogP contribution in [0.15, 0.2) is 34.7 Å². The first kappa shape index (κ1) is 16.0. The molecule has 1 aromatic carbocycles. The lowest BCUT2D eigenvalue weighted by Gasteiger charge is -2.13. The summed E-state index contributed by atoms with van der Waals surface area (Å²) in [6.45, 7) is 0.366. The van der Waals surface area contributed by atoms with Gasteiger partial charge in [0.05, 0.1) is 16.7 Å². The van der Waals surface area contributed by atoms with Crippen LogP contribution in [0, 0.1) is 11.3 Å². The van der Waals surface area contributed by atoms with Crippen LogP contribution in [0.5, 0.6) is 0 Å². The van der Waals surface area contributed by atoms with Crippen molar-refractivity contribution in [2.75, 3.05) is 6.54 Å². The monoisotopic (exact) mass is 324 g/mol. The number of nitrogens with one attached hydrogen (secondary N) is 1. The summed E-state index contributed by atoms with van der Waals surface area (Å²) in [5.74, 6) is 0. The Hall–Kier alpha value is -1.35. The van der Waals surface area contributed by atoms with Gasteiger partial charge in [0.25, 0.3) is 0 Å². The van der Waals surface area contributed by atoms with Crippen LogP contribution in [0.4, 0.5) is 0 Å². The molecular formula is C15H17ClN2O2S. The molecule has 0 heterocycles. The number of benzene rings is 1. The number of nitriles is 1. The maximum atomic E-state index is 12.2. The summed E-state index contributed by atoms with van der Waals surface area (Å²) >= 11 is 5.94. The molecule has 0 aromatic heterocycles. The largest absolute Gasteiger partial charge is 0.242 e. The van der Waals surface area contributed by atoms with E-state index in [2.05, 4.69) is 10.8 Å². The van der Waals surface area contributed by atoms with Crippen molar-refractivity contribution >= 4 is 21.6 Å². The molecule has 2 rings (SSSR count). The summed E-state index contributed by atoms with van der Waals surface area (Å²) in [5.41, 5.74) is 1.65. The van der Waals surface area contributed by atoms with E-state index in [1.165, 1.54) is 36.6 Å². The molecule has 0 bridgehead atoms. The number of hydrogen-bond acceptors (Lipinski definition) is 3. The second-order valence-electron chi connectivity index (χ2n) is 5.01. The first-order valence-electron chi connectivity index (χ1n) is 6.90. The molecular weight excluding hydrogens is 308 g/mol. The summed E-state index contributed by atoms with van der Waals surface area (Å²) in [4.78, 5) is 0.0146. The Kier molecular flexibility index (Phi) is 5.40. The molecule has 112 valence electrons. The quantitative estimate of drug-likeness (QED) is 0.844. The van der Waals surface area contributed by atoms with Gasteiger partial charge in [0.1, 0.15) is 4.90 Å². The number of allylic oxidation sites excluding steroid dienone is 1. The summed E-state index contributed by atoms with van der Waals surface area (Å²) < 4.78 is 27.0. The fraction of sp³-hybridized carbons (Fsp3) is 0.400. The van der Waals surface area contributed by atoms with E-state index in [0.717, 1.165) is 19.3 Å². The highest BCUT2D eigenvalue weighted by molar-refractivity contribution is 7.89. The smallest absolute Gasteiger partial charge is 0.211 e. The molecule has 0 unspecified atom stereocenters. The van der Waals surface area contributed by atoms with Gasteiger partial charge in [-0.15, -0.1) is 0 Å². The Morgan fingerprint density at radius 2 is 2.14 bits per heavy atom. The molecule has 0 aliphatic heterocycles. The van der Waals surface area contributed by atoms with Crippen LogP contribution in [-0.4, -0.2) is 15.0 Å². The molecule has 0 radical (unpaired) electrons. The van der Waals surface area contributed by atoms with E-state index in [-0.39, 0.29) is 9.92 Å². The third-order valence-electron chi connectivity index (χ3n) is 3.47. The van der Waals surface area contributed by atoms with Crippen molar-refractivity contribution in [3.05, 3.63) is 40.4 Å². The third kappa shape index (κ3) is 4.31. The van der Waals surface area contributed by atoms with Gasteiger partial charge in [0.15, 0.2) is 0 Å². The summed E-state index contributed by atoms with van der Waals surface area (Å²) in [5, 5.41) is 8.83. The van der Waals surface area contributed by atoms with Gasteiger partial charge in [0.2, 0.25) is 10.0 Å². The SMILES string of the molecule is N#Cc1ccc(S(=O)(=O)NCCC2=CCCCC2)c(Cl)c1. The fourth-order valence-electron chi connectivity index (χ4n) is 2.34. The van der Waals surface area contributed by atoms with Crippen LogP contribution in [0.3, 0.4) is 0 Å². The van der Waals surface area contributed by atoms with E-state index in [1.807, 2.05) is 6.07 Å². The van der Waals surface area contributed by atoms with Crippen LogP contribution in [-0.2, 0) is 10.0 Å². The minimum atomic E-state index is -3.64. The Morgan fingerprint density at radius 1 is 1.33 bits per heavy atom. The molecule has 0 amide bonds. The van der Waals surface area contributed by atoms with E-state index in [4.69, 9.17) is 16.9 Å². The molecule has 0 fully saturated rings. The van der Waals surface area contributed by atoms with Crippen molar-refractivity contribution in [2.45, 2.75) is 37.0 Å². The molecule has 0 atom stereocenters. The minimum absolute atomic E-state index is 0.0146. The molecule has 0 saturated heterocycles. The normalized spacial score (nSPS) is 15.3. The second kappa shape index (κ2) is 7.08. The van der Waals surface area contributed by atoms with Gasteiger partial charge >= 0.3 is 0 Å². The molecule has 1 N–H and O–H groups in total. The number of nitrogens with zero attached hydrogens (tertiary/aromatic N) is 1. The van der Waals surface area contributed by atoms with E-state index in [1.54, 1.807) is 0 Å². The molecule has 0 spiro atoms. The maximum Gasteiger partial charge on any atom is 0.242 e. The highest BCUT2D eigenvalue weighted by Crippen LogP contribution is 2.23. The fourth-order valence-corrected chi connectivity index (χ4v) is 3.92. The van der Waals surface area contributed by atoms with E-state index in [0.29, 0.717) is 12.1 Å². The van der Waals surface area contributed by atoms with Gasteiger partial charge in [-0.05, 0) is 50.3 Å². The third-order valence-corrected chi connectivity index (χ3v) is 5.42. The summed E-state index contributed by atoms with van der Waals surface area (Å²) in [6, 6.07) is 6.10. The molecule has 4 nitrogen and oxygen atoms in total. The summed E-state index contributed by atoms with van der Waals surface area (Å²) in [6.07, 6.45) is 7.47. The first-order chi connectivity index (χ1) is 10.0. The van der Waals surface area contributed by atoms with Gasteiger partial charge in [-0.1, -0.05) is 23.3 Å². The molecule has 1 aromatic rings. The Labute approximate surface area is 130 Å². The minimum Gasteiger partial charge on any atom is -0.211 e. The Morgan fingerprint density at radius 3 is 2.76 bits per heavy atom. The predicted molar refractivity (Wildman–Crippen MR) is 82.5 cm³/mol. The second-order valence-corrected chi connectivity index (χ2v) is 7.16. The molecule has 1 aliphatic rings. The maximum absolute atomic E-state index is 12.2. The summed E-state index contributed by atoms with van der Waals surface area (Å²) in [7, 11) is -3.64. The zero-order chi connectivity index (χ0) is 15.3. The number of rotatable bonds is 5. The lowest BCUT2D eigenvalue weighted by molar-refractivity contribution is 0.579. The van der Waals surface area contributed by atoms with E-state index < -0.39 is 10.0 Å². The van der Waals surface area contributed by atoms with Gasteiger partial charge in [-0.25, -0.2) is 13.1 Å². The number of sulfonamides is 1. The average Bonchev–Trinajstić information content (AvgIpc) is 2.47. The van der Waals surface area contributed by atoms with Gasteiger partial charge < -0.3 is 0 Å². The zero-order valence-electron chi connectivity index (χ0n) is 11.6. The molecule has 1 aliphatic carbocycles. The van der Waals surface area contributed by atoms with Crippen molar-refractivity contribution in [1.82, 2.24) is 4.72 Å². The average molecular weight is 325 g/mol. The number of hydrogen-bond donors (Lipinski definition) is 1. The van der Waals surface area contributed by atoms with Gasteiger partial charge in [0, 0.05) is 6.54 Å². The first-order valence-corrected chi connectivity index (χ1v) is 8.76. The van der Waals surface area contributed by atoms with E-state index >= 15 is 0 Å². The van der Waals surface area contributed by atoms with E-state index in [9.17, 15) is 8.42 Å². The van der Waals surface area contributed by atoms with Crippen molar-refractivity contribution < 1.29 is 8.42 Å². The molecule has 0 saturated carbocycles. The molecule has 21 heavy (non-hydrogen) atoms. The van der Waals surface area contributed by atoms with Crippen LogP contribution >= 0.6 is 11.6 Å². The van der Waals surface area contributed by atoms with Crippen LogP contribution < -0.4 is 4.72 Å². The lowest BCUT2D eigenvalue weighted by atomic mass is 9.97. The van der Waals surface area contributed by atoms with Gasteiger partial charge in [-0.2, -0.15) is 5.26 Å². The Bertz CT molecular complexity index is 690. The van der Waals surface area contributed by atoms with Crippen molar-refractivity contribution in [2.24, 2.45) is 0 Å². The molecule has 6 heteroatoms. The number of halogens is 1. The predicted octanol–water partition coefficient (Wildman–Crippen LogP) is 3.38. The van der Waals surface area contributed by atoms with Crippen LogP contribution in [0.2, 0.25) is 5.02 Å². The van der Waals surface area contributed by atoms with Crippen LogP contribution in [0.1, 0.15) is 37.7 Å². The van der Waals surface area contributed by atoms with Crippen molar-refractivity contribution in [3.8, 4) is 6.07 Å². The zero-order valence-corrected chi connectivity index (χ0v) is 13.2. The highest BCUT2D eigenvalue weighted by Gasteiger charge is 2.18. The Balaban J connectivity index is 2.01. The van der Waals surface area contributed by atoms with Crippen molar-refractivity contribution in [3.63, 3.8) is 0 Å². The van der Waals surface area contributed by atoms with Crippen molar-refractivity contribution in [1.29, 1.82) is 5.26 Å². The topological polar surface area (TPSA) is 70.0 Å². The highest BCUT2D eigenvalue weighted by atomic mass is 35.5. The van der Waals surface area contributed by atoms with Crippen LogP contribution in [0.25, 0.3) is 0 Å².